The number of esters is 1. The van der Waals surface area contributed by atoms with Crippen LogP contribution in [-0.4, -0.2) is 12.6 Å². The first-order valence-corrected chi connectivity index (χ1v) is 5.23. The van der Waals surface area contributed by atoms with Crippen molar-refractivity contribution in [2.45, 2.75) is 13.3 Å². The number of ether oxygens (including phenoxy) is 1. The van der Waals surface area contributed by atoms with Gasteiger partial charge < -0.3 is 4.74 Å². The highest BCUT2D eigenvalue weighted by atomic mass is 127. The fourth-order valence-corrected chi connectivity index (χ4v) is 2.31. The van der Waals surface area contributed by atoms with Gasteiger partial charge in [0.2, 0.25) is 0 Å². The molecule has 3 heteroatoms. The van der Waals surface area contributed by atoms with Gasteiger partial charge >= 0.3 is 5.97 Å². The smallest absolute Gasteiger partial charge is 0.338 e. The first kappa shape index (κ1) is 8.99. The molecule has 0 aromatic heterocycles. The van der Waals surface area contributed by atoms with Gasteiger partial charge in [0.05, 0.1) is 12.2 Å². The Morgan fingerprint density at radius 3 is 2.92 bits per heavy atom. The molecular formula is C10H9IO2. The van der Waals surface area contributed by atoms with Crippen LogP contribution in [0.15, 0.2) is 12.1 Å². The van der Waals surface area contributed by atoms with Crippen molar-refractivity contribution in [3.8, 4) is 0 Å². The topological polar surface area (TPSA) is 26.3 Å². The molecule has 1 aromatic rings. The highest BCUT2D eigenvalue weighted by Crippen LogP contribution is 2.25. The third-order valence-electron chi connectivity index (χ3n) is 2.25. The fourth-order valence-electron chi connectivity index (χ4n) is 1.59. The zero-order chi connectivity index (χ0) is 9.42. The van der Waals surface area contributed by atoms with Crippen molar-refractivity contribution in [3.05, 3.63) is 32.4 Å². The fraction of sp³-hybridized carbons (Fsp3) is 0.300. The van der Waals surface area contributed by atoms with Crippen LogP contribution in [0.1, 0.15) is 21.5 Å². The maximum absolute atomic E-state index is 11.4. The van der Waals surface area contributed by atoms with E-state index in [4.69, 9.17) is 4.74 Å². The van der Waals surface area contributed by atoms with E-state index in [1.165, 1.54) is 0 Å². The molecule has 0 atom stereocenters. The van der Waals surface area contributed by atoms with E-state index < -0.39 is 0 Å². The number of carbonyl (C=O) groups excluding carboxylic acids is 1. The minimum absolute atomic E-state index is 0.169. The number of benzene rings is 1. The minimum atomic E-state index is -0.169. The number of fused-ring (bicyclic) bond motifs is 1. The lowest BCUT2D eigenvalue weighted by atomic mass is 9.98. The number of hydrogen-bond donors (Lipinski definition) is 0. The highest BCUT2D eigenvalue weighted by molar-refractivity contribution is 14.1. The van der Waals surface area contributed by atoms with Crippen molar-refractivity contribution >= 4 is 28.6 Å². The van der Waals surface area contributed by atoms with Gasteiger partial charge in [0, 0.05) is 9.99 Å². The molecule has 0 fully saturated rings. The third-order valence-corrected chi connectivity index (χ3v) is 3.26. The summed E-state index contributed by atoms with van der Waals surface area (Å²) in [7, 11) is 0. The van der Waals surface area contributed by atoms with E-state index in [9.17, 15) is 4.79 Å². The second-order valence-electron chi connectivity index (χ2n) is 3.10. The molecule has 0 spiro atoms. The van der Waals surface area contributed by atoms with E-state index in [-0.39, 0.29) is 5.97 Å². The molecule has 0 aliphatic carbocycles. The van der Waals surface area contributed by atoms with Gasteiger partial charge in [-0.1, -0.05) is 6.07 Å². The maximum Gasteiger partial charge on any atom is 0.338 e. The lowest BCUT2D eigenvalue weighted by molar-refractivity contribution is 0.0478. The van der Waals surface area contributed by atoms with Crippen LogP contribution in [0.5, 0.6) is 0 Å². The molecule has 0 saturated heterocycles. The monoisotopic (exact) mass is 288 g/mol. The molecule has 0 amide bonds. The van der Waals surface area contributed by atoms with Gasteiger partial charge in [0.1, 0.15) is 0 Å². The van der Waals surface area contributed by atoms with E-state index in [0.29, 0.717) is 6.61 Å². The standard InChI is InChI=1S/C10H9IO2/c1-6-2-3-8(11)7-4-5-13-10(12)9(6)7/h2-3H,4-5H2,1H3. The molecule has 1 aliphatic heterocycles. The molecule has 0 saturated carbocycles. The predicted octanol–water partition coefficient (Wildman–Crippen LogP) is 2.31. The van der Waals surface area contributed by atoms with E-state index in [0.717, 1.165) is 26.7 Å². The Labute approximate surface area is 90.4 Å². The maximum atomic E-state index is 11.4. The molecule has 1 aliphatic rings. The molecule has 0 unspecified atom stereocenters. The van der Waals surface area contributed by atoms with E-state index in [1.54, 1.807) is 0 Å². The summed E-state index contributed by atoms with van der Waals surface area (Å²) < 4.78 is 6.16. The average Bonchev–Trinajstić information content (AvgIpc) is 2.12. The molecule has 13 heavy (non-hydrogen) atoms. The molecule has 0 N–H and O–H groups in total. The van der Waals surface area contributed by atoms with Gasteiger partial charge in [-0.2, -0.15) is 0 Å². The summed E-state index contributed by atoms with van der Waals surface area (Å²) in [5.41, 5.74) is 2.94. The number of rotatable bonds is 0. The molecule has 2 nitrogen and oxygen atoms in total. The average molecular weight is 288 g/mol. The SMILES string of the molecule is Cc1ccc(I)c2c1C(=O)OCC2. The minimum Gasteiger partial charge on any atom is -0.462 e. The summed E-state index contributed by atoms with van der Waals surface area (Å²) in [6.07, 6.45) is 0.848. The Morgan fingerprint density at radius 2 is 2.23 bits per heavy atom. The molecule has 1 aromatic carbocycles. The van der Waals surface area contributed by atoms with E-state index in [2.05, 4.69) is 22.6 Å². The quantitative estimate of drug-likeness (QED) is 0.541. The second-order valence-corrected chi connectivity index (χ2v) is 4.27. The number of carbonyl (C=O) groups is 1. The van der Waals surface area contributed by atoms with Crippen molar-refractivity contribution in [2.75, 3.05) is 6.61 Å². The lowest BCUT2D eigenvalue weighted by Crippen LogP contribution is -2.20. The van der Waals surface area contributed by atoms with Crippen LogP contribution in [0.2, 0.25) is 0 Å². The lowest BCUT2D eigenvalue weighted by Gasteiger charge is -2.18. The van der Waals surface area contributed by atoms with Crippen molar-refractivity contribution < 1.29 is 9.53 Å². The molecule has 0 bridgehead atoms. The van der Waals surface area contributed by atoms with Crippen LogP contribution in [0, 0.1) is 10.5 Å². The second kappa shape index (κ2) is 3.29. The van der Waals surface area contributed by atoms with Crippen LogP contribution in [-0.2, 0) is 11.2 Å². The van der Waals surface area contributed by atoms with E-state index >= 15 is 0 Å². The van der Waals surface area contributed by atoms with Gasteiger partial charge in [-0.15, -0.1) is 0 Å². The van der Waals surface area contributed by atoms with Crippen LogP contribution in [0.25, 0.3) is 0 Å². The number of hydrogen-bond acceptors (Lipinski definition) is 2. The largest absolute Gasteiger partial charge is 0.462 e. The summed E-state index contributed by atoms with van der Waals surface area (Å²) in [6, 6.07) is 4.01. The van der Waals surface area contributed by atoms with Crippen LogP contribution < -0.4 is 0 Å². The van der Waals surface area contributed by atoms with Crippen LogP contribution in [0.4, 0.5) is 0 Å². The Kier molecular flexibility index (Phi) is 2.27. The van der Waals surface area contributed by atoms with Crippen molar-refractivity contribution in [2.24, 2.45) is 0 Å². The van der Waals surface area contributed by atoms with Gasteiger partial charge in [-0.25, -0.2) is 4.79 Å². The van der Waals surface area contributed by atoms with Gasteiger partial charge in [0.15, 0.2) is 0 Å². The number of halogens is 1. The Hall–Kier alpha value is -0.580. The molecule has 0 radical (unpaired) electrons. The summed E-state index contributed by atoms with van der Waals surface area (Å²) in [4.78, 5) is 11.4. The summed E-state index contributed by atoms with van der Waals surface area (Å²) in [6.45, 7) is 2.47. The van der Waals surface area contributed by atoms with Gasteiger partial charge in [-0.3, -0.25) is 0 Å². The first-order valence-electron chi connectivity index (χ1n) is 4.15. The number of cyclic esters (lactones) is 1. The van der Waals surface area contributed by atoms with Crippen molar-refractivity contribution in [1.82, 2.24) is 0 Å². The zero-order valence-corrected chi connectivity index (χ0v) is 9.42. The highest BCUT2D eigenvalue weighted by Gasteiger charge is 2.22. The normalized spacial score (nSPS) is 15.1. The molecule has 2 rings (SSSR count). The van der Waals surface area contributed by atoms with E-state index in [1.807, 2.05) is 19.1 Å². The van der Waals surface area contributed by atoms with Crippen molar-refractivity contribution in [3.63, 3.8) is 0 Å². The Balaban J connectivity index is 2.67. The zero-order valence-electron chi connectivity index (χ0n) is 7.26. The number of aryl methyl sites for hydroxylation is 1. The summed E-state index contributed by atoms with van der Waals surface area (Å²) >= 11 is 2.26. The molecule has 68 valence electrons. The Morgan fingerprint density at radius 1 is 1.46 bits per heavy atom. The summed E-state index contributed by atoms with van der Waals surface area (Å²) in [5, 5.41) is 0. The molecule has 1 heterocycles. The first-order chi connectivity index (χ1) is 6.20. The molecular weight excluding hydrogens is 279 g/mol. The van der Waals surface area contributed by atoms with Gasteiger partial charge in [0.25, 0.3) is 0 Å². The Bertz CT molecular complexity index is 371. The van der Waals surface area contributed by atoms with Gasteiger partial charge in [-0.05, 0) is 46.7 Å². The summed E-state index contributed by atoms with van der Waals surface area (Å²) in [5.74, 6) is -0.169. The van der Waals surface area contributed by atoms with Crippen molar-refractivity contribution in [1.29, 1.82) is 0 Å². The van der Waals surface area contributed by atoms with Crippen LogP contribution in [0.3, 0.4) is 0 Å². The van der Waals surface area contributed by atoms with Crippen LogP contribution >= 0.6 is 22.6 Å². The predicted molar refractivity (Wildman–Crippen MR) is 57.9 cm³/mol. The third kappa shape index (κ3) is 1.45.